The second-order valence-corrected chi connectivity index (χ2v) is 4.54. The van der Waals surface area contributed by atoms with Crippen LogP contribution in [0.1, 0.15) is 31.7 Å². The van der Waals surface area contributed by atoms with Gasteiger partial charge in [0.25, 0.3) is 0 Å². The number of rotatable bonds is 3. The highest BCUT2D eigenvalue weighted by Gasteiger charge is 2.25. The van der Waals surface area contributed by atoms with Crippen LogP contribution < -0.4 is 10.6 Å². The summed E-state index contributed by atoms with van der Waals surface area (Å²) in [6.07, 6.45) is 3.28. The molecule has 18 heavy (non-hydrogen) atoms. The third-order valence-corrected chi connectivity index (χ3v) is 3.50. The highest BCUT2D eigenvalue weighted by Crippen LogP contribution is 2.30. The molecule has 1 saturated heterocycles. The van der Waals surface area contributed by atoms with Gasteiger partial charge in [-0.25, -0.2) is 4.39 Å². The van der Waals surface area contributed by atoms with E-state index in [2.05, 4.69) is 17.0 Å². The van der Waals surface area contributed by atoms with Gasteiger partial charge < -0.3 is 15.8 Å². The topological polar surface area (TPSA) is 61.8 Å². The summed E-state index contributed by atoms with van der Waals surface area (Å²) in [5.74, 6) is -0.432. The Labute approximate surface area is 106 Å². The average Bonchev–Trinajstić information content (AvgIpc) is 2.85. The highest BCUT2D eigenvalue weighted by atomic mass is 19.1. The maximum atomic E-state index is 13.3. The summed E-state index contributed by atoms with van der Waals surface area (Å²) in [5.41, 5.74) is 6.93. The van der Waals surface area contributed by atoms with Crippen molar-refractivity contribution in [2.24, 2.45) is 10.9 Å². The van der Waals surface area contributed by atoms with Crippen molar-refractivity contribution in [1.29, 1.82) is 0 Å². The Morgan fingerprint density at radius 3 is 3.06 bits per heavy atom. The summed E-state index contributed by atoms with van der Waals surface area (Å²) in [5, 5.41) is 11.8. The number of amidine groups is 1. The van der Waals surface area contributed by atoms with Gasteiger partial charge in [0.2, 0.25) is 0 Å². The van der Waals surface area contributed by atoms with Gasteiger partial charge in [-0.2, -0.15) is 0 Å². The molecule has 0 spiro atoms. The minimum atomic E-state index is -0.382. The number of halogens is 1. The average molecular weight is 251 g/mol. The second-order valence-electron chi connectivity index (χ2n) is 4.54. The second kappa shape index (κ2) is 5.25. The van der Waals surface area contributed by atoms with Gasteiger partial charge >= 0.3 is 0 Å². The van der Waals surface area contributed by atoms with Crippen molar-refractivity contribution in [2.45, 2.75) is 32.2 Å². The standard InChI is InChI=1S/C13H18FN3O/c1-2-10-4-3-7-17(10)12-6-5-9(14)8-11(12)13(15)16-18/h5-6,8,10,18H,2-4,7H2,1H3,(H2,15,16). The predicted octanol–water partition coefficient (Wildman–Crippen LogP) is 2.30. The first-order valence-electron chi connectivity index (χ1n) is 6.21. The van der Waals surface area contributed by atoms with Crippen LogP contribution in [0.5, 0.6) is 0 Å². The Balaban J connectivity index is 2.43. The Morgan fingerprint density at radius 1 is 1.61 bits per heavy atom. The largest absolute Gasteiger partial charge is 0.409 e. The van der Waals surface area contributed by atoms with Crippen molar-refractivity contribution in [3.63, 3.8) is 0 Å². The van der Waals surface area contributed by atoms with E-state index in [4.69, 9.17) is 10.9 Å². The van der Waals surface area contributed by atoms with Crippen LogP contribution in [0.3, 0.4) is 0 Å². The van der Waals surface area contributed by atoms with Crippen LogP contribution >= 0.6 is 0 Å². The molecular weight excluding hydrogens is 233 g/mol. The molecule has 1 aromatic rings. The molecule has 0 aromatic heterocycles. The number of benzene rings is 1. The molecule has 1 heterocycles. The van der Waals surface area contributed by atoms with Crippen molar-refractivity contribution in [1.82, 2.24) is 0 Å². The van der Waals surface area contributed by atoms with E-state index in [-0.39, 0.29) is 11.7 Å². The van der Waals surface area contributed by atoms with Crippen LogP contribution in [0.25, 0.3) is 0 Å². The fourth-order valence-corrected chi connectivity index (χ4v) is 2.60. The number of nitrogens with two attached hydrogens (primary N) is 1. The number of oxime groups is 1. The van der Waals surface area contributed by atoms with E-state index in [1.165, 1.54) is 12.1 Å². The Kier molecular flexibility index (Phi) is 3.69. The monoisotopic (exact) mass is 251 g/mol. The lowest BCUT2D eigenvalue weighted by Crippen LogP contribution is -2.31. The summed E-state index contributed by atoms with van der Waals surface area (Å²) in [7, 11) is 0. The van der Waals surface area contributed by atoms with Gasteiger partial charge in [0, 0.05) is 23.8 Å². The maximum Gasteiger partial charge on any atom is 0.172 e. The van der Waals surface area contributed by atoms with Crippen LogP contribution in [0.2, 0.25) is 0 Å². The first kappa shape index (κ1) is 12.7. The molecule has 1 aliphatic heterocycles. The molecule has 1 atom stereocenters. The number of anilines is 1. The predicted molar refractivity (Wildman–Crippen MR) is 69.6 cm³/mol. The van der Waals surface area contributed by atoms with Crippen molar-refractivity contribution >= 4 is 11.5 Å². The van der Waals surface area contributed by atoms with Crippen molar-refractivity contribution < 1.29 is 9.60 Å². The normalized spacial score (nSPS) is 20.4. The van der Waals surface area contributed by atoms with E-state index in [9.17, 15) is 4.39 Å². The van der Waals surface area contributed by atoms with E-state index in [0.717, 1.165) is 31.5 Å². The molecule has 0 radical (unpaired) electrons. The molecule has 2 rings (SSSR count). The van der Waals surface area contributed by atoms with E-state index >= 15 is 0 Å². The lowest BCUT2D eigenvalue weighted by atomic mass is 10.1. The van der Waals surface area contributed by atoms with Gasteiger partial charge in [0.05, 0.1) is 0 Å². The lowest BCUT2D eigenvalue weighted by molar-refractivity contribution is 0.318. The van der Waals surface area contributed by atoms with E-state index in [1.54, 1.807) is 6.07 Å². The van der Waals surface area contributed by atoms with Crippen LogP contribution in [0.15, 0.2) is 23.4 Å². The zero-order valence-electron chi connectivity index (χ0n) is 10.4. The zero-order chi connectivity index (χ0) is 13.1. The summed E-state index contributed by atoms with van der Waals surface area (Å²) in [6, 6.07) is 4.88. The quantitative estimate of drug-likeness (QED) is 0.375. The third kappa shape index (κ3) is 2.25. The van der Waals surface area contributed by atoms with Crippen LogP contribution in [-0.2, 0) is 0 Å². The fourth-order valence-electron chi connectivity index (χ4n) is 2.60. The Morgan fingerprint density at radius 2 is 2.39 bits per heavy atom. The van der Waals surface area contributed by atoms with E-state index in [1.807, 2.05) is 0 Å². The van der Waals surface area contributed by atoms with Crippen LogP contribution in [0.4, 0.5) is 10.1 Å². The first-order valence-corrected chi connectivity index (χ1v) is 6.21. The molecule has 1 aliphatic rings. The third-order valence-electron chi connectivity index (χ3n) is 3.50. The molecule has 5 heteroatoms. The van der Waals surface area contributed by atoms with Crippen LogP contribution in [0, 0.1) is 5.82 Å². The van der Waals surface area contributed by atoms with Gasteiger partial charge in [-0.3, -0.25) is 0 Å². The molecule has 1 unspecified atom stereocenters. The number of nitrogens with zero attached hydrogens (tertiary/aromatic N) is 2. The lowest BCUT2D eigenvalue weighted by Gasteiger charge is -2.27. The van der Waals surface area contributed by atoms with Crippen molar-refractivity contribution in [3.05, 3.63) is 29.6 Å². The minimum absolute atomic E-state index is 0.0498. The molecule has 98 valence electrons. The highest BCUT2D eigenvalue weighted by molar-refractivity contribution is 6.02. The van der Waals surface area contributed by atoms with Crippen LogP contribution in [-0.4, -0.2) is 23.6 Å². The van der Waals surface area contributed by atoms with Gasteiger partial charge in [-0.05, 0) is 37.5 Å². The molecule has 1 fully saturated rings. The van der Waals surface area contributed by atoms with Crippen molar-refractivity contribution in [2.75, 3.05) is 11.4 Å². The molecular formula is C13H18FN3O. The maximum absolute atomic E-state index is 13.3. The molecule has 0 bridgehead atoms. The first-order chi connectivity index (χ1) is 8.67. The zero-order valence-corrected chi connectivity index (χ0v) is 10.4. The SMILES string of the molecule is CCC1CCCN1c1ccc(F)cc1C(N)=NO. The molecule has 0 saturated carbocycles. The number of hydrogen-bond acceptors (Lipinski definition) is 3. The summed E-state index contributed by atoms with van der Waals surface area (Å²) in [6.45, 7) is 3.06. The summed E-state index contributed by atoms with van der Waals surface area (Å²) in [4.78, 5) is 2.22. The van der Waals surface area contributed by atoms with Gasteiger partial charge in [-0.1, -0.05) is 12.1 Å². The Bertz CT molecular complexity index is 462. The fraction of sp³-hybridized carbons (Fsp3) is 0.462. The van der Waals surface area contributed by atoms with Crippen molar-refractivity contribution in [3.8, 4) is 0 Å². The molecule has 3 N–H and O–H groups in total. The molecule has 0 amide bonds. The number of hydrogen-bond donors (Lipinski definition) is 2. The molecule has 0 aliphatic carbocycles. The molecule has 4 nitrogen and oxygen atoms in total. The summed E-state index contributed by atoms with van der Waals surface area (Å²) >= 11 is 0. The summed E-state index contributed by atoms with van der Waals surface area (Å²) < 4.78 is 13.3. The van der Waals surface area contributed by atoms with Gasteiger partial charge in [0.15, 0.2) is 5.84 Å². The van der Waals surface area contributed by atoms with E-state index < -0.39 is 0 Å². The molecule has 1 aromatic carbocycles. The van der Waals surface area contributed by atoms with Gasteiger partial charge in [-0.15, -0.1) is 0 Å². The minimum Gasteiger partial charge on any atom is -0.409 e. The smallest absolute Gasteiger partial charge is 0.172 e. The van der Waals surface area contributed by atoms with E-state index in [0.29, 0.717) is 11.6 Å². The van der Waals surface area contributed by atoms with Gasteiger partial charge in [0.1, 0.15) is 5.82 Å². The Hall–Kier alpha value is -1.78.